The molecule has 0 fully saturated rings. The van der Waals surface area contributed by atoms with E-state index in [1.165, 1.54) is 6.33 Å². The van der Waals surface area contributed by atoms with Gasteiger partial charge in [0.2, 0.25) is 11.7 Å². The van der Waals surface area contributed by atoms with Crippen LogP contribution in [0.3, 0.4) is 0 Å². The normalized spacial score (nSPS) is 12.6. The summed E-state index contributed by atoms with van der Waals surface area (Å²) < 4.78 is 4.98. The minimum absolute atomic E-state index is 0.0214. The van der Waals surface area contributed by atoms with Crippen LogP contribution in [0.2, 0.25) is 0 Å². The van der Waals surface area contributed by atoms with E-state index in [0.29, 0.717) is 23.8 Å². The zero-order valence-corrected chi connectivity index (χ0v) is 8.45. The van der Waals surface area contributed by atoms with Gasteiger partial charge < -0.3 is 15.4 Å². The van der Waals surface area contributed by atoms with Crippen molar-refractivity contribution in [1.82, 2.24) is 20.1 Å². The van der Waals surface area contributed by atoms with E-state index in [-0.39, 0.29) is 6.61 Å². The summed E-state index contributed by atoms with van der Waals surface area (Å²) in [4.78, 5) is 11.9. The van der Waals surface area contributed by atoms with Crippen LogP contribution in [-0.2, 0) is 0 Å². The first-order valence-corrected chi connectivity index (χ1v) is 4.77. The van der Waals surface area contributed by atoms with Crippen LogP contribution in [-0.4, -0.2) is 31.8 Å². The van der Waals surface area contributed by atoms with Gasteiger partial charge in [-0.1, -0.05) is 5.16 Å². The molecule has 0 saturated carbocycles. The summed E-state index contributed by atoms with van der Waals surface area (Å²) in [7, 11) is 0. The van der Waals surface area contributed by atoms with Crippen LogP contribution in [0.25, 0.3) is 11.5 Å². The molecule has 0 aliphatic heterocycles. The topological polar surface area (TPSA) is 111 Å². The highest BCUT2D eigenvalue weighted by Gasteiger charge is 2.15. The second-order valence-electron chi connectivity index (χ2n) is 3.17. The summed E-state index contributed by atoms with van der Waals surface area (Å²) in [6.07, 6.45) is 3.37. The number of nitrogens with zero attached hydrogens (tertiary/aromatic N) is 4. The summed E-state index contributed by atoms with van der Waals surface area (Å²) in [5, 5.41) is 12.5. The van der Waals surface area contributed by atoms with Gasteiger partial charge in [-0.15, -0.1) is 0 Å². The van der Waals surface area contributed by atoms with E-state index in [1.807, 2.05) is 0 Å². The molecule has 16 heavy (non-hydrogen) atoms. The SMILES string of the molecule is NC(CCO)c1nc(-c2ccncn2)no1. The van der Waals surface area contributed by atoms with E-state index in [0.717, 1.165) is 0 Å². The van der Waals surface area contributed by atoms with Crippen molar-refractivity contribution >= 4 is 0 Å². The molecule has 1 atom stereocenters. The van der Waals surface area contributed by atoms with Crippen LogP contribution in [0.4, 0.5) is 0 Å². The molecular weight excluding hydrogens is 210 g/mol. The van der Waals surface area contributed by atoms with Crippen molar-refractivity contribution in [1.29, 1.82) is 0 Å². The van der Waals surface area contributed by atoms with Crippen LogP contribution in [0.5, 0.6) is 0 Å². The van der Waals surface area contributed by atoms with Gasteiger partial charge in [0.25, 0.3) is 0 Å². The molecule has 2 heterocycles. The first kappa shape index (κ1) is 10.7. The Bertz CT molecular complexity index is 444. The number of hydrogen-bond acceptors (Lipinski definition) is 7. The highest BCUT2D eigenvalue weighted by atomic mass is 16.5. The van der Waals surface area contributed by atoms with Gasteiger partial charge >= 0.3 is 0 Å². The molecule has 0 spiro atoms. The van der Waals surface area contributed by atoms with Crippen molar-refractivity contribution < 1.29 is 9.63 Å². The second-order valence-corrected chi connectivity index (χ2v) is 3.17. The average molecular weight is 221 g/mol. The highest BCUT2D eigenvalue weighted by molar-refractivity contribution is 5.46. The van der Waals surface area contributed by atoms with Gasteiger partial charge in [-0.3, -0.25) is 0 Å². The minimum Gasteiger partial charge on any atom is -0.396 e. The maximum Gasteiger partial charge on any atom is 0.244 e. The summed E-state index contributed by atoms with van der Waals surface area (Å²) in [6, 6.07) is 1.22. The fourth-order valence-electron chi connectivity index (χ4n) is 1.18. The van der Waals surface area contributed by atoms with E-state index in [9.17, 15) is 0 Å². The van der Waals surface area contributed by atoms with E-state index in [1.54, 1.807) is 12.3 Å². The maximum atomic E-state index is 8.73. The standard InChI is InChI=1S/C9H11N5O2/c10-6(2-4-15)9-13-8(14-16-9)7-1-3-11-5-12-7/h1,3,5-6,15H,2,4,10H2. The molecule has 0 bridgehead atoms. The largest absolute Gasteiger partial charge is 0.396 e. The van der Waals surface area contributed by atoms with Crippen LogP contribution >= 0.6 is 0 Å². The molecule has 84 valence electrons. The zero-order valence-electron chi connectivity index (χ0n) is 8.45. The molecular formula is C9H11N5O2. The predicted molar refractivity (Wildman–Crippen MR) is 54.0 cm³/mol. The van der Waals surface area contributed by atoms with Gasteiger partial charge in [0.1, 0.15) is 12.0 Å². The molecule has 0 saturated heterocycles. The summed E-state index contributed by atoms with van der Waals surface area (Å²) in [6.45, 7) is -0.0214. The van der Waals surface area contributed by atoms with Crippen LogP contribution < -0.4 is 5.73 Å². The molecule has 0 aromatic carbocycles. The molecule has 2 aromatic rings. The molecule has 0 amide bonds. The predicted octanol–water partition coefficient (Wildman–Crippen LogP) is -0.0912. The second kappa shape index (κ2) is 4.77. The van der Waals surface area contributed by atoms with Crippen molar-refractivity contribution in [3.05, 3.63) is 24.5 Å². The lowest BCUT2D eigenvalue weighted by Gasteiger charge is -2.01. The Kier molecular flexibility index (Phi) is 3.18. The molecule has 3 N–H and O–H groups in total. The lowest BCUT2D eigenvalue weighted by Crippen LogP contribution is -2.12. The van der Waals surface area contributed by atoms with Crippen molar-refractivity contribution in [2.24, 2.45) is 5.73 Å². The Morgan fingerprint density at radius 2 is 2.38 bits per heavy atom. The number of nitrogens with two attached hydrogens (primary N) is 1. The molecule has 7 heteroatoms. The van der Waals surface area contributed by atoms with Gasteiger partial charge in [0, 0.05) is 12.8 Å². The molecule has 2 aromatic heterocycles. The first-order valence-electron chi connectivity index (χ1n) is 4.77. The number of aliphatic hydroxyl groups is 1. The Morgan fingerprint density at radius 1 is 1.50 bits per heavy atom. The fourth-order valence-corrected chi connectivity index (χ4v) is 1.18. The summed E-state index contributed by atoms with van der Waals surface area (Å²) >= 11 is 0. The lowest BCUT2D eigenvalue weighted by atomic mass is 10.2. The molecule has 0 aliphatic carbocycles. The molecule has 2 rings (SSSR count). The van der Waals surface area contributed by atoms with Crippen LogP contribution in [0, 0.1) is 0 Å². The fraction of sp³-hybridized carbons (Fsp3) is 0.333. The summed E-state index contributed by atoms with van der Waals surface area (Å²) in [5.41, 5.74) is 6.28. The monoisotopic (exact) mass is 221 g/mol. The van der Waals surface area contributed by atoms with Gasteiger partial charge in [0.05, 0.1) is 6.04 Å². The van der Waals surface area contributed by atoms with Gasteiger partial charge in [-0.2, -0.15) is 4.98 Å². The Hall–Kier alpha value is -1.86. The zero-order chi connectivity index (χ0) is 11.4. The number of aromatic nitrogens is 4. The number of hydrogen-bond donors (Lipinski definition) is 2. The third-order valence-electron chi connectivity index (χ3n) is 2.01. The van der Waals surface area contributed by atoms with Crippen molar-refractivity contribution in [2.75, 3.05) is 6.61 Å². The van der Waals surface area contributed by atoms with Crippen LogP contribution in [0.15, 0.2) is 23.1 Å². The van der Waals surface area contributed by atoms with E-state index >= 15 is 0 Å². The van der Waals surface area contributed by atoms with Gasteiger partial charge in [-0.25, -0.2) is 9.97 Å². The van der Waals surface area contributed by atoms with E-state index < -0.39 is 6.04 Å². The summed E-state index contributed by atoms with van der Waals surface area (Å²) in [5.74, 6) is 0.661. The molecule has 0 radical (unpaired) electrons. The lowest BCUT2D eigenvalue weighted by molar-refractivity contribution is 0.259. The Labute approximate surface area is 91.3 Å². The average Bonchev–Trinajstić information content (AvgIpc) is 2.80. The van der Waals surface area contributed by atoms with Crippen LogP contribution in [0.1, 0.15) is 18.4 Å². The van der Waals surface area contributed by atoms with Gasteiger partial charge in [-0.05, 0) is 12.5 Å². The minimum atomic E-state index is -0.451. The number of rotatable bonds is 4. The quantitative estimate of drug-likeness (QED) is 0.741. The Morgan fingerprint density at radius 3 is 3.06 bits per heavy atom. The third kappa shape index (κ3) is 2.20. The van der Waals surface area contributed by atoms with E-state index in [2.05, 4.69) is 20.1 Å². The number of aliphatic hydroxyl groups excluding tert-OH is 1. The molecule has 7 nitrogen and oxygen atoms in total. The first-order chi connectivity index (χ1) is 7.81. The third-order valence-corrected chi connectivity index (χ3v) is 2.01. The van der Waals surface area contributed by atoms with E-state index in [4.69, 9.17) is 15.4 Å². The highest BCUT2D eigenvalue weighted by Crippen LogP contribution is 2.16. The molecule has 0 aliphatic rings. The smallest absolute Gasteiger partial charge is 0.244 e. The van der Waals surface area contributed by atoms with Crippen molar-refractivity contribution in [3.63, 3.8) is 0 Å². The van der Waals surface area contributed by atoms with Crippen molar-refractivity contribution in [3.8, 4) is 11.5 Å². The Balaban J connectivity index is 2.20. The van der Waals surface area contributed by atoms with Crippen molar-refractivity contribution in [2.45, 2.75) is 12.5 Å². The molecule has 1 unspecified atom stereocenters. The maximum absolute atomic E-state index is 8.73. The van der Waals surface area contributed by atoms with Gasteiger partial charge in [0.15, 0.2) is 0 Å².